The molecule has 1 heterocycles. The molecule has 1 saturated heterocycles. The highest BCUT2D eigenvalue weighted by Crippen LogP contribution is 2.25. The highest BCUT2D eigenvalue weighted by atomic mass is 35.5. The molecule has 1 aliphatic rings. The zero-order valence-corrected chi connectivity index (χ0v) is 14.3. The van der Waals surface area contributed by atoms with Crippen molar-refractivity contribution in [1.29, 1.82) is 0 Å². The van der Waals surface area contributed by atoms with Crippen molar-refractivity contribution in [1.82, 2.24) is 4.31 Å². The predicted molar refractivity (Wildman–Crippen MR) is 90.0 cm³/mol. The van der Waals surface area contributed by atoms with Crippen LogP contribution >= 0.6 is 11.6 Å². The fourth-order valence-corrected chi connectivity index (χ4v) is 4.07. The van der Waals surface area contributed by atoms with E-state index in [0.29, 0.717) is 24.7 Å². The predicted octanol–water partition coefficient (Wildman–Crippen LogP) is 3.24. The fourth-order valence-electron chi connectivity index (χ4n) is 2.44. The van der Waals surface area contributed by atoms with E-state index < -0.39 is 10.0 Å². The van der Waals surface area contributed by atoms with Gasteiger partial charge in [0.05, 0.1) is 17.6 Å². The molecule has 23 heavy (non-hydrogen) atoms. The molecule has 0 amide bonds. The van der Waals surface area contributed by atoms with Crippen LogP contribution in [-0.4, -0.2) is 31.9 Å². The Morgan fingerprint density at radius 2 is 1.78 bits per heavy atom. The highest BCUT2D eigenvalue weighted by Gasteiger charge is 2.37. The molecule has 0 aromatic heterocycles. The van der Waals surface area contributed by atoms with Crippen molar-refractivity contribution >= 4 is 21.6 Å². The van der Waals surface area contributed by atoms with Gasteiger partial charge >= 0.3 is 0 Å². The number of nitrogens with zero attached hydrogens (tertiary/aromatic N) is 1. The molecule has 0 aliphatic carbocycles. The van der Waals surface area contributed by atoms with Crippen LogP contribution in [0.15, 0.2) is 53.4 Å². The fraction of sp³-hybridized carbons (Fsp3) is 0.294. The van der Waals surface area contributed by atoms with Crippen molar-refractivity contribution in [2.45, 2.75) is 24.5 Å². The molecule has 3 rings (SSSR count). The minimum Gasteiger partial charge on any atom is -0.371 e. The number of rotatable bonds is 5. The Morgan fingerprint density at radius 3 is 2.43 bits per heavy atom. The van der Waals surface area contributed by atoms with Crippen LogP contribution in [0.1, 0.15) is 11.1 Å². The van der Waals surface area contributed by atoms with Gasteiger partial charge in [0.15, 0.2) is 0 Å². The first-order valence-electron chi connectivity index (χ1n) is 7.38. The highest BCUT2D eigenvalue weighted by molar-refractivity contribution is 7.89. The van der Waals surface area contributed by atoms with Gasteiger partial charge in [-0.25, -0.2) is 8.42 Å². The average Bonchev–Trinajstić information content (AvgIpc) is 2.47. The lowest BCUT2D eigenvalue weighted by atomic mass is 10.1. The maximum atomic E-state index is 12.4. The molecular weight excluding hydrogens is 334 g/mol. The first-order valence-corrected chi connectivity index (χ1v) is 9.20. The molecule has 0 saturated carbocycles. The van der Waals surface area contributed by atoms with Crippen LogP contribution in [0.5, 0.6) is 0 Å². The van der Waals surface area contributed by atoms with E-state index in [2.05, 4.69) is 0 Å². The van der Waals surface area contributed by atoms with Gasteiger partial charge in [-0.15, -0.1) is 0 Å². The third-order valence-corrected chi connectivity index (χ3v) is 6.10. The monoisotopic (exact) mass is 351 g/mol. The summed E-state index contributed by atoms with van der Waals surface area (Å²) in [4.78, 5) is 0.263. The summed E-state index contributed by atoms with van der Waals surface area (Å²) in [5, 5.41) is 0.520. The summed E-state index contributed by atoms with van der Waals surface area (Å²) in [6.45, 7) is 3.32. The van der Waals surface area contributed by atoms with Crippen LogP contribution < -0.4 is 0 Å². The van der Waals surface area contributed by atoms with Crippen molar-refractivity contribution in [2.24, 2.45) is 0 Å². The molecule has 0 N–H and O–H groups in total. The number of sulfonamides is 1. The molecule has 6 heteroatoms. The van der Waals surface area contributed by atoms with Gasteiger partial charge in [0, 0.05) is 18.1 Å². The number of hydrogen-bond acceptors (Lipinski definition) is 3. The Labute approximate surface area is 141 Å². The molecule has 0 radical (unpaired) electrons. The van der Waals surface area contributed by atoms with E-state index in [1.807, 2.05) is 31.2 Å². The lowest BCUT2D eigenvalue weighted by Gasteiger charge is -2.37. The van der Waals surface area contributed by atoms with Crippen LogP contribution in [0.4, 0.5) is 0 Å². The van der Waals surface area contributed by atoms with Gasteiger partial charge in [0.1, 0.15) is 0 Å². The van der Waals surface area contributed by atoms with E-state index in [-0.39, 0.29) is 11.0 Å². The number of aryl methyl sites for hydroxylation is 1. The van der Waals surface area contributed by atoms with Crippen LogP contribution in [0.25, 0.3) is 0 Å². The number of halogens is 1. The Bertz CT molecular complexity index is 784. The molecule has 2 aromatic rings. The lowest BCUT2D eigenvalue weighted by Crippen LogP contribution is -2.54. The van der Waals surface area contributed by atoms with E-state index >= 15 is 0 Å². The first-order chi connectivity index (χ1) is 11.0. The third kappa shape index (κ3) is 3.58. The molecule has 122 valence electrons. The standard InChI is InChI=1S/C17H18ClNO3S/c1-13-4-2-3-5-14(13)12-22-16-10-19(11-16)23(20,21)17-8-6-15(18)7-9-17/h2-9,16H,10-12H2,1H3. The van der Waals surface area contributed by atoms with Crippen molar-refractivity contribution in [2.75, 3.05) is 13.1 Å². The zero-order valence-electron chi connectivity index (χ0n) is 12.8. The van der Waals surface area contributed by atoms with Gasteiger partial charge in [-0.2, -0.15) is 4.31 Å². The molecular formula is C17H18ClNO3S. The molecule has 1 fully saturated rings. The maximum Gasteiger partial charge on any atom is 0.243 e. The second-order valence-electron chi connectivity index (χ2n) is 5.64. The summed E-state index contributed by atoms with van der Waals surface area (Å²) in [5.74, 6) is 0. The zero-order chi connectivity index (χ0) is 16.4. The summed E-state index contributed by atoms with van der Waals surface area (Å²) in [7, 11) is -3.45. The molecule has 0 bridgehead atoms. The number of ether oxygens (including phenoxy) is 1. The minimum absolute atomic E-state index is 0.0586. The molecule has 0 unspecified atom stereocenters. The normalized spacial score (nSPS) is 16.3. The summed E-state index contributed by atoms with van der Waals surface area (Å²) < 4.78 is 32.1. The first kappa shape index (κ1) is 16.5. The van der Waals surface area contributed by atoms with E-state index in [1.165, 1.54) is 22.0 Å². The van der Waals surface area contributed by atoms with Crippen molar-refractivity contribution in [3.05, 3.63) is 64.7 Å². The summed E-state index contributed by atoms with van der Waals surface area (Å²) in [6, 6.07) is 14.2. The van der Waals surface area contributed by atoms with E-state index in [9.17, 15) is 8.42 Å². The molecule has 4 nitrogen and oxygen atoms in total. The van der Waals surface area contributed by atoms with Gasteiger partial charge in [-0.05, 0) is 42.3 Å². The average molecular weight is 352 g/mol. The second kappa shape index (κ2) is 6.61. The Hall–Kier alpha value is -1.40. The molecule has 0 atom stereocenters. The number of benzene rings is 2. The lowest BCUT2D eigenvalue weighted by molar-refractivity contribution is -0.0297. The van der Waals surface area contributed by atoms with Gasteiger partial charge in [0.25, 0.3) is 0 Å². The van der Waals surface area contributed by atoms with Gasteiger partial charge in [-0.1, -0.05) is 35.9 Å². The quantitative estimate of drug-likeness (QED) is 0.830. The second-order valence-corrected chi connectivity index (χ2v) is 8.01. The minimum atomic E-state index is -3.45. The molecule has 0 spiro atoms. The Kier molecular flexibility index (Phi) is 4.73. The van der Waals surface area contributed by atoms with Crippen LogP contribution in [0, 0.1) is 6.92 Å². The maximum absolute atomic E-state index is 12.4. The number of hydrogen-bond donors (Lipinski definition) is 0. The van der Waals surface area contributed by atoms with Crippen LogP contribution in [0.2, 0.25) is 5.02 Å². The Balaban J connectivity index is 1.56. The van der Waals surface area contributed by atoms with Gasteiger partial charge in [-0.3, -0.25) is 0 Å². The summed E-state index contributed by atoms with van der Waals surface area (Å²) >= 11 is 5.80. The van der Waals surface area contributed by atoms with Crippen molar-refractivity contribution in [3.8, 4) is 0 Å². The Morgan fingerprint density at radius 1 is 1.13 bits per heavy atom. The smallest absolute Gasteiger partial charge is 0.243 e. The summed E-state index contributed by atoms with van der Waals surface area (Å²) in [6.07, 6.45) is -0.0586. The molecule has 1 aliphatic heterocycles. The van der Waals surface area contributed by atoms with Crippen molar-refractivity contribution in [3.63, 3.8) is 0 Å². The SMILES string of the molecule is Cc1ccccc1COC1CN(S(=O)(=O)c2ccc(Cl)cc2)C1. The largest absolute Gasteiger partial charge is 0.371 e. The van der Waals surface area contributed by atoms with Gasteiger partial charge in [0.2, 0.25) is 10.0 Å². The van der Waals surface area contributed by atoms with E-state index in [0.717, 1.165) is 5.56 Å². The van der Waals surface area contributed by atoms with Gasteiger partial charge < -0.3 is 4.74 Å². The molecule has 2 aromatic carbocycles. The van der Waals surface area contributed by atoms with Crippen molar-refractivity contribution < 1.29 is 13.2 Å². The summed E-state index contributed by atoms with van der Waals surface area (Å²) in [5.41, 5.74) is 2.31. The van der Waals surface area contributed by atoms with Crippen LogP contribution in [0.3, 0.4) is 0 Å². The van der Waals surface area contributed by atoms with Crippen LogP contribution in [-0.2, 0) is 21.4 Å². The topological polar surface area (TPSA) is 46.6 Å². The third-order valence-electron chi connectivity index (χ3n) is 4.00. The van der Waals surface area contributed by atoms with E-state index in [4.69, 9.17) is 16.3 Å². The van der Waals surface area contributed by atoms with E-state index in [1.54, 1.807) is 12.1 Å².